The van der Waals surface area contributed by atoms with E-state index >= 15 is 0 Å². The number of fused-ring (bicyclic) bond motifs is 1. The summed E-state index contributed by atoms with van der Waals surface area (Å²) < 4.78 is 11.1. The SMILES string of the molecule is CNC(CC1OCCO1)c1cccc2cccnc12. The number of para-hydroxylation sites is 1. The summed E-state index contributed by atoms with van der Waals surface area (Å²) in [4.78, 5) is 4.50. The minimum atomic E-state index is -0.114. The highest BCUT2D eigenvalue weighted by Crippen LogP contribution is 2.27. The quantitative estimate of drug-likeness (QED) is 0.913. The lowest BCUT2D eigenvalue weighted by Gasteiger charge is -2.20. The second-order valence-electron chi connectivity index (χ2n) is 4.67. The van der Waals surface area contributed by atoms with E-state index in [9.17, 15) is 0 Å². The van der Waals surface area contributed by atoms with Crippen molar-refractivity contribution in [2.75, 3.05) is 20.3 Å². The number of aromatic nitrogens is 1. The van der Waals surface area contributed by atoms with Gasteiger partial charge < -0.3 is 14.8 Å². The van der Waals surface area contributed by atoms with Gasteiger partial charge in [-0.15, -0.1) is 0 Å². The van der Waals surface area contributed by atoms with Crippen molar-refractivity contribution in [1.82, 2.24) is 10.3 Å². The molecule has 4 nitrogen and oxygen atoms in total. The standard InChI is InChI=1S/C15H18N2O2/c1-16-13(10-14-18-8-9-19-14)12-6-2-4-11-5-3-7-17-15(11)12/h2-7,13-14,16H,8-10H2,1H3. The van der Waals surface area contributed by atoms with Crippen LogP contribution in [-0.2, 0) is 9.47 Å². The molecule has 19 heavy (non-hydrogen) atoms. The normalized spacial score (nSPS) is 17.9. The Morgan fingerprint density at radius 2 is 2.05 bits per heavy atom. The third kappa shape index (κ3) is 2.61. The van der Waals surface area contributed by atoms with Gasteiger partial charge >= 0.3 is 0 Å². The Labute approximate surface area is 112 Å². The summed E-state index contributed by atoms with van der Waals surface area (Å²) in [7, 11) is 1.96. The molecule has 0 bridgehead atoms. The van der Waals surface area contributed by atoms with Crippen LogP contribution in [0.1, 0.15) is 18.0 Å². The minimum absolute atomic E-state index is 0.114. The average Bonchev–Trinajstić information content (AvgIpc) is 2.97. The van der Waals surface area contributed by atoms with Crippen LogP contribution in [-0.4, -0.2) is 31.5 Å². The maximum atomic E-state index is 5.54. The summed E-state index contributed by atoms with van der Waals surface area (Å²) in [5.41, 5.74) is 2.24. The lowest BCUT2D eigenvalue weighted by Crippen LogP contribution is -2.23. The Morgan fingerprint density at radius 1 is 1.26 bits per heavy atom. The molecule has 0 spiro atoms. The van der Waals surface area contributed by atoms with Crippen molar-refractivity contribution < 1.29 is 9.47 Å². The van der Waals surface area contributed by atoms with E-state index in [0.29, 0.717) is 13.2 Å². The molecule has 100 valence electrons. The molecule has 2 heterocycles. The first kappa shape index (κ1) is 12.5. The summed E-state index contributed by atoms with van der Waals surface area (Å²) in [5.74, 6) is 0. The molecule has 1 saturated heterocycles. The minimum Gasteiger partial charge on any atom is -0.350 e. The summed E-state index contributed by atoms with van der Waals surface area (Å²) in [6.07, 6.45) is 2.52. The van der Waals surface area contributed by atoms with Crippen LogP contribution in [0.2, 0.25) is 0 Å². The number of hydrogen-bond donors (Lipinski definition) is 1. The van der Waals surface area contributed by atoms with Gasteiger partial charge in [0.2, 0.25) is 0 Å². The predicted molar refractivity (Wildman–Crippen MR) is 73.9 cm³/mol. The second kappa shape index (κ2) is 5.65. The zero-order chi connectivity index (χ0) is 13.1. The zero-order valence-corrected chi connectivity index (χ0v) is 11.0. The van der Waals surface area contributed by atoms with Gasteiger partial charge in [-0.3, -0.25) is 4.98 Å². The molecule has 0 amide bonds. The van der Waals surface area contributed by atoms with E-state index in [1.165, 1.54) is 5.56 Å². The Hall–Kier alpha value is -1.49. The third-order valence-electron chi connectivity index (χ3n) is 3.51. The summed E-state index contributed by atoms with van der Waals surface area (Å²) in [5, 5.41) is 4.50. The van der Waals surface area contributed by atoms with Gasteiger partial charge in [0.15, 0.2) is 6.29 Å². The van der Waals surface area contributed by atoms with Crippen LogP contribution < -0.4 is 5.32 Å². The monoisotopic (exact) mass is 258 g/mol. The first-order chi connectivity index (χ1) is 9.38. The van der Waals surface area contributed by atoms with Crippen molar-refractivity contribution in [3.63, 3.8) is 0 Å². The number of hydrogen-bond acceptors (Lipinski definition) is 4. The van der Waals surface area contributed by atoms with Crippen LogP contribution in [0.5, 0.6) is 0 Å². The lowest BCUT2D eigenvalue weighted by molar-refractivity contribution is -0.0525. The third-order valence-corrected chi connectivity index (χ3v) is 3.51. The molecule has 1 aromatic carbocycles. The van der Waals surface area contributed by atoms with Gasteiger partial charge in [-0.05, 0) is 18.7 Å². The van der Waals surface area contributed by atoms with Gasteiger partial charge in [0, 0.05) is 24.0 Å². The molecule has 1 unspecified atom stereocenters. The van der Waals surface area contributed by atoms with Gasteiger partial charge in [0.1, 0.15) is 0 Å². The van der Waals surface area contributed by atoms with Gasteiger partial charge in [0.25, 0.3) is 0 Å². The van der Waals surface area contributed by atoms with E-state index < -0.39 is 0 Å². The van der Waals surface area contributed by atoms with Crippen molar-refractivity contribution in [1.29, 1.82) is 0 Å². The van der Waals surface area contributed by atoms with Crippen LogP contribution in [0.3, 0.4) is 0 Å². The summed E-state index contributed by atoms with van der Waals surface area (Å²) in [6.45, 7) is 1.38. The van der Waals surface area contributed by atoms with E-state index in [-0.39, 0.29) is 12.3 Å². The molecular weight excluding hydrogens is 240 g/mol. The summed E-state index contributed by atoms with van der Waals surface area (Å²) in [6, 6.07) is 10.5. The molecule has 1 aromatic heterocycles. The average molecular weight is 258 g/mol. The molecule has 0 saturated carbocycles. The highest BCUT2D eigenvalue weighted by atomic mass is 16.7. The van der Waals surface area contributed by atoms with Gasteiger partial charge in [-0.2, -0.15) is 0 Å². The number of nitrogens with zero attached hydrogens (tertiary/aromatic N) is 1. The number of pyridine rings is 1. The Morgan fingerprint density at radius 3 is 2.84 bits per heavy atom. The maximum absolute atomic E-state index is 5.54. The fourth-order valence-corrected chi connectivity index (χ4v) is 2.55. The molecule has 1 N–H and O–H groups in total. The van der Waals surface area contributed by atoms with Crippen LogP contribution in [0, 0.1) is 0 Å². The molecule has 2 aromatic rings. The molecule has 3 rings (SSSR count). The number of benzene rings is 1. The topological polar surface area (TPSA) is 43.4 Å². The van der Waals surface area contributed by atoms with Crippen molar-refractivity contribution in [2.45, 2.75) is 18.8 Å². The van der Waals surface area contributed by atoms with Crippen molar-refractivity contribution >= 4 is 10.9 Å². The smallest absolute Gasteiger partial charge is 0.159 e. The molecular formula is C15H18N2O2. The Bertz CT molecular complexity index is 547. The van der Waals surface area contributed by atoms with Crippen molar-refractivity contribution in [3.05, 3.63) is 42.1 Å². The van der Waals surface area contributed by atoms with Crippen molar-refractivity contribution in [2.24, 2.45) is 0 Å². The number of rotatable bonds is 4. The largest absolute Gasteiger partial charge is 0.350 e. The molecule has 0 aliphatic carbocycles. The highest BCUT2D eigenvalue weighted by Gasteiger charge is 2.22. The molecule has 1 atom stereocenters. The fourth-order valence-electron chi connectivity index (χ4n) is 2.55. The predicted octanol–water partition coefficient (Wildman–Crippen LogP) is 2.26. The molecule has 1 aliphatic heterocycles. The Balaban J connectivity index is 1.91. The van der Waals surface area contributed by atoms with Crippen LogP contribution in [0.15, 0.2) is 36.5 Å². The van der Waals surface area contributed by atoms with E-state index in [2.05, 4.69) is 34.6 Å². The summed E-state index contributed by atoms with van der Waals surface area (Å²) >= 11 is 0. The van der Waals surface area contributed by atoms with Crippen LogP contribution >= 0.6 is 0 Å². The van der Waals surface area contributed by atoms with E-state index in [0.717, 1.165) is 17.3 Å². The van der Waals surface area contributed by atoms with Crippen LogP contribution in [0.4, 0.5) is 0 Å². The van der Waals surface area contributed by atoms with E-state index in [1.807, 2.05) is 19.3 Å². The van der Waals surface area contributed by atoms with Crippen molar-refractivity contribution in [3.8, 4) is 0 Å². The fraction of sp³-hybridized carbons (Fsp3) is 0.400. The van der Waals surface area contributed by atoms with Gasteiger partial charge in [-0.25, -0.2) is 0 Å². The molecule has 1 aliphatic rings. The molecule has 4 heteroatoms. The van der Waals surface area contributed by atoms with E-state index in [1.54, 1.807) is 0 Å². The van der Waals surface area contributed by atoms with E-state index in [4.69, 9.17) is 9.47 Å². The van der Waals surface area contributed by atoms with Gasteiger partial charge in [0.05, 0.1) is 18.7 Å². The first-order valence-corrected chi connectivity index (χ1v) is 6.62. The van der Waals surface area contributed by atoms with Gasteiger partial charge in [-0.1, -0.05) is 24.3 Å². The number of ether oxygens (including phenoxy) is 2. The zero-order valence-electron chi connectivity index (χ0n) is 11.0. The van der Waals surface area contributed by atoms with Crippen LogP contribution in [0.25, 0.3) is 10.9 Å². The first-order valence-electron chi connectivity index (χ1n) is 6.62. The maximum Gasteiger partial charge on any atom is 0.159 e. The second-order valence-corrected chi connectivity index (χ2v) is 4.67. The molecule has 0 radical (unpaired) electrons. The highest BCUT2D eigenvalue weighted by molar-refractivity contribution is 5.81. The number of nitrogens with one attached hydrogen (secondary N) is 1. The molecule has 1 fully saturated rings. The Kier molecular flexibility index (Phi) is 3.73. The lowest BCUT2D eigenvalue weighted by atomic mass is 10.00.